The topological polar surface area (TPSA) is 98.2 Å². The van der Waals surface area contributed by atoms with Crippen molar-refractivity contribution in [3.63, 3.8) is 0 Å². The highest BCUT2D eigenvalue weighted by Crippen LogP contribution is 2.28. The highest BCUT2D eigenvalue weighted by Gasteiger charge is 2.26. The summed E-state index contributed by atoms with van der Waals surface area (Å²) < 4.78 is 25.2. The van der Waals surface area contributed by atoms with Gasteiger partial charge in [-0.3, -0.25) is 0 Å². The molecule has 1 saturated heterocycles. The smallest absolute Gasteiger partial charge is 0.337 e. The summed E-state index contributed by atoms with van der Waals surface area (Å²) in [6.45, 7) is 0.890. The fourth-order valence-electron chi connectivity index (χ4n) is 2.29. The summed E-state index contributed by atoms with van der Waals surface area (Å²) in [6.07, 6.45) is 0.0772. The number of β-amino-alcohol motifs (C(OH)–C–C–N with tert-alkyl or cyclic N) is 1. The van der Waals surface area contributed by atoms with Crippen molar-refractivity contribution in [1.82, 2.24) is 4.31 Å². The molecule has 1 aromatic rings. The molecular formula is C13H18N2O5S. The van der Waals surface area contributed by atoms with Gasteiger partial charge in [0, 0.05) is 27.2 Å². The van der Waals surface area contributed by atoms with E-state index in [-0.39, 0.29) is 10.5 Å². The molecule has 0 aliphatic carbocycles. The molecule has 0 saturated carbocycles. The van der Waals surface area contributed by atoms with Gasteiger partial charge in [0.1, 0.15) is 0 Å². The molecule has 2 rings (SSSR count). The van der Waals surface area contributed by atoms with Crippen LogP contribution >= 0.6 is 0 Å². The highest BCUT2D eigenvalue weighted by molar-refractivity contribution is 7.89. The Morgan fingerprint density at radius 2 is 2.05 bits per heavy atom. The van der Waals surface area contributed by atoms with Crippen molar-refractivity contribution < 1.29 is 23.4 Å². The van der Waals surface area contributed by atoms with Gasteiger partial charge in [-0.15, -0.1) is 0 Å². The lowest BCUT2D eigenvalue weighted by molar-refractivity contribution is 0.0697. The quantitative estimate of drug-likeness (QED) is 0.824. The molecule has 0 aromatic heterocycles. The molecule has 0 bridgehead atoms. The summed E-state index contributed by atoms with van der Waals surface area (Å²) in [5.41, 5.74) is 0.351. The van der Waals surface area contributed by atoms with Gasteiger partial charge in [0.15, 0.2) is 0 Å². The molecular weight excluding hydrogens is 296 g/mol. The maximum absolute atomic E-state index is 12.1. The minimum Gasteiger partial charge on any atom is -0.478 e. The van der Waals surface area contributed by atoms with Gasteiger partial charge in [-0.1, -0.05) is 0 Å². The van der Waals surface area contributed by atoms with Crippen LogP contribution < -0.4 is 4.90 Å². The van der Waals surface area contributed by atoms with Gasteiger partial charge in [-0.25, -0.2) is 17.5 Å². The van der Waals surface area contributed by atoms with Crippen molar-refractivity contribution in [1.29, 1.82) is 0 Å². The van der Waals surface area contributed by atoms with E-state index in [1.807, 2.05) is 0 Å². The van der Waals surface area contributed by atoms with Gasteiger partial charge in [0.05, 0.1) is 22.3 Å². The second-order valence-corrected chi connectivity index (χ2v) is 7.31. The first-order valence-corrected chi connectivity index (χ1v) is 7.90. The number of aliphatic hydroxyl groups excluding tert-OH is 1. The Bertz CT molecular complexity index is 657. The fraction of sp³-hybridized carbons (Fsp3) is 0.462. The largest absolute Gasteiger partial charge is 0.478 e. The van der Waals surface area contributed by atoms with Crippen LogP contribution in [-0.4, -0.2) is 62.2 Å². The van der Waals surface area contributed by atoms with Crippen LogP contribution in [0, 0.1) is 0 Å². The second kappa shape index (κ2) is 5.63. The van der Waals surface area contributed by atoms with Crippen LogP contribution in [0.2, 0.25) is 0 Å². The number of hydrogen-bond donors (Lipinski definition) is 2. The maximum Gasteiger partial charge on any atom is 0.337 e. The summed E-state index contributed by atoms with van der Waals surface area (Å²) in [6, 6.07) is 4.04. The number of rotatable bonds is 4. The van der Waals surface area contributed by atoms with Gasteiger partial charge >= 0.3 is 5.97 Å². The zero-order valence-corrected chi connectivity index (χ0v) is 12.7. The van der Waals surface area contributed by atoms with Crippen molar-refractivity contribution in [2.24, 2.45) is 0 Å². The number of aromatic carboxylic acids is 1. The Balaban J connectivity index is 2.48. The first-order chi connectivity index (χ1) is 9.73. The number of carboxylic acid groups (broad SMARTS) is 1. The van der Waals surface area contributed by atoms with Crippen molar-refractivity contribution in [3.8, 4) is 0 Å². The van der Waals surface area contributed by atoms with E-state index in [2.05, 4.69) is 0 Å². The SMILES string of the molecule is CN(C)S(=O)(=O)c1ccc(N2CCC(O)C2)c(C(=O)O)c1. The Morgan fingerprint density at radius 1 is 1.38 bits per heavy atom. The second-order valence-electron chi connectivity index (χ2n) is 5.16. The Kier molecular flexibility index (Phi) is 4.22. The van der Waals surface area contributed by atoms with Crippen LogP contribution in [0.3, 0.4) is 0 Å². The fourth-order valence-corrected chi connectivity index (χ4v) is 3.22. The number of anilines is 1. The van der Waals surface area contributed by atoms with E-state index in [0.717, 1.165) is 10.4 Å². The third-order valence-electron chi connectivity index (χ3n) is 3.48. The molecule has 1 heterocycles. The summed E-state index contributed by atoms with van der Waals surface area (Å²) >= 11 is 0. The van der Waals surface area contributed by atoms with Gasteiger partial charge < -0.3 is 15.1 Å². The highest BCUT2D eigenvalue weighted by atomic mass is 32.2. The summed E-state index contributed by atoms with van der Waals surface area (Å²) in [4.78, 5) is 13.1. The Labute approximate surface area is 123 Å². The van der Waals surface area contributed by atoms with Crippen LogP contribution in [-0.2, 0) is 10.0 Å². The van der Waals surface area contributed by atoms with Crippen molar-refractivity contribution in [2.45, 2.75) is 17.4 Å². The molecule has 1 aromatic carbocycles. The van der Waals surface area contributed by atoms with Gasteiger partial charge in [0.2, 0.25) is 10.0 Å². The molecule has 21 heavy (non-hydrogen) atoms. The molecule has 1 aliphatic rings. The van der Waals surface area contributed by atoms with Gasteiger partial charge in [-0.05, 0) is 24.6 Å². The molecule has 116 valence electrons. The molecule has 1 fully saturated rings. The van der Waals surface area contributed by atoms with Crippen LogP contribution in [0.25, 0.3) is 0 Å². The minimum atomic E-state index is -3.68. The number of carboxylic acids is 1. The number of aliphatic hydroxyl groups is 1. The van der Waals surface area contributed by atoms with E-state index < -0.39 is 22.1 Å². The van der Waals surface area contributed by atoms with E-state index in [1.54, 1.807) is 4.90 Å². The van der Waals surface area contributed by atoms with E-state index in [1.165, 1.54) is 26.2 Å². The lowest BCUT2D eigenvalue weighted by atomic mass is 10.1. The van der Waals surface area contributed by atoms with E-state index >= 15 is 0 Å². The lowest BCUT2D eigenvalue weighted by Crippen LogP contribution is -2.25. The third kappa shape index (κ3) is 3.02. The summed E-state index contributed by atoms with van der Waals surface area (Å²) in [5.74, 6) is -1.19. The molecule has 7 nitrogen and oxygen atoms in total. The van der Waals surface area contributed by atoms with Gasteiger partial charge in [-0.2, -0.15) is 0 Å². The van der Waals surface area contributed by atoms with Crippen LogP contribution in [0.4, 0.5) is 5.69 Å². The molecule has 2 N–H and O–H groups in total. The number of nitrogens with zero attached hydrogens (tertiary/aromatic N) is 2. The van der Waals surface area contributed by atoms with Crippen molar-refractivity contribution in [3.05, 3.63) is 23.8 Å². The number of sulfonamides is 1. The van der Waals surface area contributed by atoms with Crippen molar-refractivity contribution in [2.75, 3.05) is 32.1 Å². The molecule has 0 amide bonds. The molecule has 0 spiro atoms. The van der Waals surface area contributed by atoms with E-state index in [9.17, 15) is 23.4 Å². The predicted octanol–water partition coefficient (Wildman–Crippen LogP) is 0.206. The standard InChI is InChI=1S/C13H18N2O5S/c1-14(2)21(19,20)10-3-4-12(11(7-10)13(17)18)15-6-5-9(16)8-15/h3-4,7,9,16H,5-6,8H2,1-2H3,(H,17,18). The molecule has 0 radical (unpaired) electrons. The Morgan fingerprint density at radius 3 is 2.52 bits per heavy atom. The van der Waals surface area contributed by atoms with Crippen LogP contribution in [0.5, 0.6) is 0 Å². The van der Waals surface area contributed by atoms with E-state index in [4.69, 9.17) is 0 Å². The first-order valence-electron chi connectivity index (χ1n) is 6.46. The normalized spacial score (nSPS) is 19.2. The predicted molar refractivity (Wildman–Crippen MR) is 77.1 cm³/mol. The number of benzene rings is 1. The molecule has 1 atom stereocenters. The Hall–Kier alpha value is -1.64. The monoisotopic (exact) mass is 314 g/mol. The van der Waals surface area contributed by atoms with Crippen LogP contribution in [0.1, 0.15) is 16.8 Å². The molecule has 1 aliphatic heterocycles. The van der Waals surface area contributed by atoms with Gasteiger partial charge in [0.25, 0.3) is 0 Å². The third-order valence-corrected chi connectivity index (χ3v) is 5.29. The summed E-state index contributed by atoms with van der Waals surface area (Å²) in [7, 11) is -0.903. The van der Waals surface area contributed by atoms with Crippen LogP contribution in [0.15, 0.2) is 23.1 Å². The van der Waals surface area contributed by atoms with E-state index in [0.29, 0.717) is 25.2 Å². The molecule has 1 unspecified atom stereocenters. The zero-order chi connectivity index (χ0) is 15.8. The summed E-state index contributed by atoms with van der Waals surface area (Å²) in [5, 5.41) is 18.9. The molecule has 8 heteroatoms. The average Bonchev–Trinajstić information content (AvgIpc) is 2.84. The lowest BCUT2D eigenvalue weighted by Gasteiger charge is -2.21. The number of carbonyl (C=O) groups is 1. The minimum absolute atomic E-state index is 0.0617. The maximum atomic E-state index is 12.1. The zero-order valence-electron chi connectivity index (χ0n) is 11.9. The van der Waals surface area contributed by atoms with Crippen molar-refractivity contribution >= 4 is 21.7 Å². The number of hydrogen-bond acceptors (Lipinski definition) is 5. The first kappa shape index (κ1) is 15.7. The average molecular weight is 314 g/mol.